The fourth-order valence-corrected chi connectivity index (χ4v) is 5.38. The van der Waals surface area contributed by atoms with Gasteiger partial charge < -0.3 is 19.9 Å². The molecule has 0 unspecified atom stereocenters. The fourth-order valence-electron chi connectivity index (χ4n) is 5.38. The molecule has 3 amide bonds. The number of amides is 3. The second-order valence-electron chi connectivity index (χ2n) is 8.99. The Hall–Kier alpha value is -2.67. The molecular weight excluding hydrogens is 382 g/mol. The van der Waals surface area contributed by atoms with E-state index >= 15 is 0 Å². The molecule has 0 saturated carbocycles. The van der Waals surface area contributed by atoms with Gasteiger partial charge in [-0.1, -0.05) is 35.9 Å². The molecule has 4 atom stereocenters. The normalized spacial score (nSPS) is 32.4. The van der Waals surface area contributed by atoms with Crippen molar-refractivity contribution >= 4 is 17.7 Å². The molecule has 5 rings (SSSR count). The molecule has 4 heterocycles. The van der Waals surface area contributed by atoms with Gasteiger partial charge in [0.1, 0.15) is 5.60 Å². The predicted molar refractivity (Wildman–Crippen MR) is 109 cm³/mol. The molecule has 0 aromatic heterocycles. The number of benzene rings is 1. The van der Waals surface area contributed by atoms with Gasteiger partial charge in [0.15, 0.2) is 0 Å². The maximum absolute atomic E-state index is 13.5. The zero-order valence-electron chi connectivity index (χ0n) is 17.4. The minimum absolute atomic E-state index is 0.0274. The van der Waals surface area contributed by atoms with Crippen molar-refractivity contribution in [3.8, 4) is 0 Å². The summed E-state index contributed by atoms with van der Waals surface area (Å²) >= 11 is 0. The average Bonchev–Trinajstić information content (AvgIpc) is 3.28. The third kappa shape index (κ3) is 2.95. The van der Waals surface area contributed by atoms with Gasteiger partial charge in [-0.15, -0.1) is 0 Å². The Morgan fingerprint density at radius 2 is 2.13 bits per heavy atom. The fraction of sp³-hybridized carbons (Fsp3) is 0.522. The minimum atomic E-state index is -0.728. The van der Waals surface area contributed by atoms with E-state index in [1.54, 1.807) is 4.90 Å². The first-order chi connectivity index (χ1) is 14.4. The molecule has 4 aliphatic rings. The zero-order chi connectivity index (χ0) is 21.0. The van der Waals surface area contributed by atoms with Gasteiger partial charge in [0.25, 0.3) is 0 Å². The minimum Gasteiger partial charge on any atom is -0.360 e. The van der Waals surface area contributed by atoms with E-state index in [9.17, 15) is 14.4 Å². The molecule has 3 fully saturated rings. The summed E-state index contributed by atoms with van der Waals surface area (Å²) in [5, 5.41) is 2.80. The highest BCUT2D eigenvalue weighted by Crippen LogP contribution is 2.52. The number of aryl methyl sites for hydroxylation is 2. The van der Waals surface area contributed by atoms with Gasteiger partial charge in [-0.05, 0) is 31.4 Å². The third-order valence-corrected chi connectivity index (χ3v) is 6.90. The van der Waals surface area contributed by atoms with Crippen LogP contribution in [0.2, 0.25) is 0 Å². The van der Waals surface area contributed by atoms with E-state index in [0.29, 0.717) is 32.6 Å². The van der Waals surface area contributed by atoms with E-state index in [1.165, 1.54) is 0 Å². The Labute approximate surface area is 176 Å². The maximum Gasteiger partial charge on any atom is 0.239 e. The second-order valence-corrected chi connectivity index (χ2v) is 8.99. The number of nitrogens with one attached hydrogen (secondary N) is 1. The van der Waals surface area contributed by atoms with Gasteiger partial charge in [-0.2, -0.15) is 0 Å². The molecule has 2 bridgehead atoms. The molecule has 1 aromatic carbocycles. The Balaban J connectivity index is 1.40. The lowest BCUT2D eigenvalue weighted by Gasteiger charge is -2.28. The number of ether oxygens (including phenoxy) is 1. The van der Waals surface area contributed by atoms with Crippen LogP contribution in [0.1, 0.15) is 23.1 Å². The van der Waals surface area contributed by atoms with Crippen LogP contribution in [0.4, 0.5) is 0 Å². The standard InChI is InChI=1S/C23H27N3O4/c1-14-4-5-15(2)16(10-14)11-26-13-23-7-6-17(30-23)19(20(23)22(26)29)21(28)25-9-3-8-24-18(27)12-25/h4-7,10,17,19-20H,3,8-9,11-13H2,1-2H3,(H,24,27)/t17-,19-,20-,23-/m0/s1. The van der Waals surface area contributed by atoms with Crippen LogP contribution in [0.3, 0.4) is 0 Å². The van der Waals surface area contributed by atoms with Crippen molar-refractivity contribution in [2.75, 3.05) is 26.2 Å². The largest absolute Gasteiger partial charge is 0.360 e. The molecule has 7 heteroatoms. The molecule has 4 aliphatic heterocycles. The summed E-state index contributed by atoms with van der Waals surface area (Å²) in [6.45, 7) is 6.20. The summed E-state index contributed by atoms with van der Waals surface area (Å²) in [5.41, 5.74) is 2.69. The molecule has 30 heavy (non-hydrogen) atoms. The van der Waals surface area contributed by atoms with Gasteiger partial charge in [0, 0.05) is 19.6 Å². The third-order valence-electron chi connectivity index (χ3n) is 6.90. The summed E-state index contributed by atoms with van der Waals surface area (Å²) in [6.07, 6.45) is 4.22. The van der Waals surface area contributed by atoms with E-state index in [4.69, 9.17) is 4.74 Å². The number of carbonyl (C=O) groups is 3. The molecule has 158 valence electrons. The Bertz CT molecular complexity index is 958. The molecule has 0 radical (unpaired) electrons. The van der Waals surface area contributed by atoms with E-state index in [-0.39, 0.29) is 30.4 Å². The molecule has 1 N–H and O–H groups in total. The highest BCUT2D eigenvalue weighted by atomic mass is 16.5. The summed E-state index contributed by atoms with van der Waals surface area (Å²) in [4.78, 5) is 42.2. The van der Waals surface area contributed by atoms with Gasteiger partial charge >= 0.3 is 0 Å². The van der Waals surface area contributed by atoms with Crippen molar-refractivity contribution in [1.82, 2.24) is 15.1 Å². The van der Waals surface area contributed by atoms with Crippen LogP contribution in [0.5, 0.6) is 0 Å². The van der Waals surface area contributed by atoms with Crippen LogP contribution >= 0.6 is 0 Å². The molecule has 0 aliphatic carbocycles. The Kier molecular flexibility index (Phi) is 4.47. The van der Waals surface area contributed by atoms with E-state index in [1.807, 2.05) is 30.9 Å². The Morgan fingerprint density at radius 3 is 2.97 bits per heavy atom. The van der Waals surface area contributed by atoms with E-state index < -0.39 is 17.4 Å². The van der Waals surface area contributed by atoms with Crippen LogP contribution in [0, 0.1) is 25.7 Å². The van der Waals surface area contributed by atoms with Crippen LogP contribution in [0.25, 0.3) is 0 Å². The van der Waals surface area contributed by atoms with Crippen LogP contribution in [-0.4, -0.2) is 65.4 Å². The lowest BCUT2D eigenvalue weighted by molar-refractivity contribution is -0.144. The van der Waals surface area contributed by atoms with Crippen LogP contribution < -0.4 is 5.32 Å². The van der Waals surface area contributed by atoms with Gasteiger partial charge in [-0.3, -0.25) is 14.4 Å². The van der Waals surface area contributed by atoms with Crippen molar-refractivity contribution in [3.63, 3.8) is 0 Å². The van der Waals surface area contributed by atoms with Crippen LogP contribution in [0.15, 0.2) is 30.4 Å². The Morgan fingerprint density at radius 1 is 1.30 bits per heavy atom. The number of hydrogen-bond acceptors (Lipinski definition) is 4. The number of rotatable bonds is 3. The average molecular weight is 409 g/mol. The highest BCUT2D eigenvalue weighted by molar-refractivity contribution is 5.94. The van der Waals surface area contributed by atoms with Crippen molar-refractivity contribution in [2.45, 2.75) is 38.5 Å². The number of carbonyl (C=O) groups excluding carboxylic acids is 3. The van der Waals surface area contributed by atoms with Gasteiger partial charge in [0.2, 0.25) is 17.7 Å². The SMILES string of the molecule is Cc1ccc(C)c(CN2C[C@]34C=C[C@H](O3)[C@H](C(=O)N3CCCNC(=O)C3)[C@H]4C2=O)c1. The molecule has 1 spiro atoms. The van der Waals surface area contributed by atoms with E-state index in [0.717, 1.165) is 16.7 Å². The molecular formula is C23H27N3O4. The smallest absolute Gasteiger partial charge is 0.239 e. The number of hydrogen-bond donors (Lipinski definition) is 1. The van der Waals surface area contributed by atoms with Gasteiger partial charge in [-0.25, -0.2) is 0 Å². The van der Waals surface area contributed by atoms with Crippen LogP contribution in [-0.2, 0) is 25.7 Å². The summed E-state index contributed by atoms with van der Waals surface area (Å²) in [6, 6.07) is 6.25. The van der Waals surface area contributed by atoms with Crippen molar-refractivity contribution in [2.24, 2.45) is 11.8 Å². The highest BCUT2D eigenvalue weighted by Gasteiger charge is 2.67. The van der Waals surface area contributed by atoms with Crippen molar-refractivity contribution < 1.29 is 19.1 Å². The zero-order valence-corrected chi connectivity index (χ0v) is 17.4. The number of likely N-dealkylation sites (tertiary alicyclic amines) is 1. The topological polar surface area (TPSA) is 79.0 Å². The van der Waals surface area contributed by atoms with Crippen molar-refractivity contribution in [3.05, 3.63) is 47.0 Å². The second kappa shape index (κ2) is 6.94. The quantitative estimate of drug-likeness (QED) is 0.754. The molecule has 7 nitrogen and oxygen atoms in total. The molecule has 1 aromatic rings. The first kappa shape index (κ1) is 19.3. The first-order valence-electron chi connectivity index (χ1n) is 10.7. The maximum atomic E-state index is 13.5. The predicted octanol–water partition coefficient (Wildman–Crippen LogP) is 0.934. The lowest BCUT2D eigenvalue weighted by Crippen LogP contribution is -2.47. The van der Waals surface area contributed by atoms with Gasteiger partial charge in [0.05, 0.1) is 31.0 Å². The van der Waals surface area contributed by atoms with Crippen molar-refractivity contribution in [1.29, 1.82) is 0 Å². The summed E-state index contributed by atoms with van der Waals surface area (Å²) in [7, 11) is 0. The number of nitrogens with zero attached hydrogens (tertiary/aromatic N) is 2. The van der Waals surface area contributed by atoms with E-state index in [2.05, 4.69) is 23.5 Å². The molecule has 3 saturated heterocycles. The summed E-state index contributed by atoms with van der Waals surface area (Å²) in [5.74, 6) is -1.39. The lowest BCUT2D eigenvalue weighted by atomic mass is 9.76. The first-order valence-corrected chi connectivity index (χ1v) is 10.7. The monoisotopic (exact) mass is 409 g/mol. The summed E-state index contributed by atoms with van der Waals surface area (Å²) < 4.78 is 6.24. The number of fused-ring (bicyclic) bond motifs is 1.